The highest BCUT2D eigenvalue weighted by atomic mass is 35.5. The van der Waals surface area contributed by atoms with Gasteiger partial charge >= 0.3 is 0 Å². The molecule has 0 bridgehead atoms. The summed E-state index contributed by atoms with van der Waals surface area (Å²) >= 11 is 5.94. The van der Waals surface area contributed by atoms with Crippen LogP contribution >= 0.6 is 24.0 Å². The van der Waals surface area contributed by atoms with E-state index in [1.807, 2.05) is 18.2 Å². The zero-order valence-corrected chi connectivity index (χ0v) is 11.6. The van der Waals surface area contributed by atoms with Crippen LogP contribution in [0.2, 0.25) is 5.02 Å². The molecule has 3 aromatic rings. The Morgan fingerprint density at radius 3 is 2.84 bits per heavy atom. The number of rotatable bonds is 2. The highest BCUT2D eigenvalue weighted by molar-refractivity contribution is 6.30. The van der Waals surface area contributed by atoms with Crippen molar-refractivity contribution in [3.8, 4) is 17.1 Å². The number of halogens is 2. The number of H-pyrrole nitrogens is 1. The lowest BCUT2D eigenvalue weighted by Gasteiger charge is -2.05. The molecule has 0 amide bonds. The van der Waals surface area contributed by atoms with E-state index in [9.17, 15) is 0 Å². The first-order valence-corrected chi connectivity index (χ1v) is 5.79. The average Bonchev–Trinajstić information content (AvgIpc) is 2.82. The second-order valence-electron chi connectivity index (χ2n) is 3.82. The van der Waals surface area contributed by atoms with Gasteiger partial charge in [-0.3, -0.25) is 4.98 Å². The van der Waals surface area contributed by atoms with Gasteiger partial charge in [0.25, 0.3) is 0 Å². The van der Waals surface area contributed by atoms with Crippen LogP contribution in [-0.2, 0) is 0 Å². The maximum absolute atomic E-state index is 5.94. The van der Waals surface area contributed by atoms with Gasteiger partial charge < -0.3 is 9.72 Å². The average molecular weight is 296 g/mol. The van der Waals surface area contributed by atoms with Crippen LogP contribution in [0.15, 0.2) is 36.7 Å². The van der Waals surface area contributed by atoms with Crippen molar-refractivity contribution in [3.05, 3.63) is 41.7 Å². The third-order valence-corrected chi connectivity index (χ3v) is 2.94. The third kappa shape index (κ3) is 2.50. The van der Waals surface area contributed by atoms with Crippen molar-refractivity contribution < 1.29 is 4.74 Å². The number of hydrogen-bond donors (Lipinski definition) is 1. The third-order valence-electron chi connectivity index (χ3n) is 2.70. The molecule has 2 heterocycles. The SMILES string of the molecule is COc1cc(Cl)ccc1-c1nc2cnccc2[nH]1.Cl. The molecule has 19 heavy (non-hydrogen) atoms. The first kappa shape index (κ1) is 13.6. The van der Waals surface area contributed by atoms with Crippen LogP contribution in [-0.4, -0.2) is 22.1 Å². The molecule has 0 fully saturated rings. The van der Waals surface area contributed by atoms with Crippen LogP contribution < -0.4 is 4.74 Å². The number of ether oxygens (including phenoxy) is 1. The number of methoxy groups -OCH3 is 1. The van der Waals surface area contributed by atoms with Gasteiger partial charge in [-0.25, -0.2) is 4.98 Å². The fraction of sp³-hybridized carbons (Fsp3) is 0.0769. The molecule has 6 heteroatoms. The molecule has 0 saturated carbocycles. The monoisotopic (exact) mass is 295 g/mol. The number of hydrogen-bond acceptors (Lipinski definition) is 3. The Morgan fingerprint density at radius 1 is 1.26 bits per heavy atom. The summed E-state index contributed by atoms with van der Waals surface area (Å²) in [5.41, 5.74) is 2.64. The van der Waals surface area contributed by atoms with Crippen molar-refractivity contribution in [2.24, 2.45) is 0 Å². The van der Waals surface area contributed by atoms with Gasteiger partial charge in [-0.15, -0.1) is 12.4 Å². The standard InChI is InChI=1S/C13H10ClN3O.ClH/c1-18-12-6-8(14)2-3-9(12)13-16-10-4-5-15-7-11(10)17-13;/h2-7H,1H3,(H,16,17);1H. The molecular weight excluding hydrogens is 285 g/mol. The van der Waals surface area contributed by atoms with Crippen LogP contribution in [0.1, 0.15) is 0 Å². The molecule has 0 unspecified atom stereocenters. The van der Waals surface area contributed by atoms with Crippen molar-refractivity contribution in [2.75, 3.05) is 7.11 Å². The summed E-state index contributed by atoms with van der Waals surface area (Å²) in [7, 11) is 1.61. The lowest BCUT2D eigenvalue weighted by Crippen LogP contribution is -1.89. The van der Waals surface area contributed by atoms with Crippen LogP contribution in [0.4, 0.5) is 0 Å². The number of aromatic amines is 1. The quantitative estimate of drug-likeness (QED) is 0.784. The number of pyridine rings is 1. The predicted molar refractivity (Wildman–Crippen MR) is 78.1 cm³/mol. The van der Waals surface area contributed by atoms with E-state index >= 15 is 0 Å². The number of aromatic nitrogens is 3. The smallest absolute Gasteiger partial charge is 0.142 e. The minimum Gasteiger partial charge on any atom is -0.496 e. The Kier molecular flexibility index (Phi) is 3.93. The number of benzene rings is 1. The van der Waals surface area contributed by atoms with E-state index in [2.05, 4.69) is 15.0 Å². The van der Waals surface area contributed by atoms with Crippen LogP contribution in [0.25, 0.3) is 22.4 Å². The van der Waals surface area contributed by atoms with Gasteiger partial charge in [0.1, 0.15) is 17.1 Å². The summed E-state index contributed by atoms with van der Waals surface area (Å²) in [6.45, 7) is 0. The van der Waals surface area contributed by atoms with Crippen LogP contribution in [0.3, 0.4) is 0 Å². The first-order chi connectivity index (χ1) is 8.78. The van der Waals surface area contributed by atoms with Crippen LogP contribution in [0, 0.1) is 0 Å². The van der Waals surface area contributed by atoms with Gasteiger partial charge in [0.05, 0.1) is 24.4 Å². The van der Waals surface area contributed by atoms with E-state index in [0.717, 1.165) is 22.4 Å². The normalized spacial score (nSPS) is 10.2. The maximum atomic E-state index is 5.94. The molecule has 0 saturated heterocycles. The molecule has 98 valence electrons. The topological polar surface area (TPSA) is 50.8 Å². The molecule has 0 atom stereocenters. The van der Waals surface area contributed by atoms with Gasteiger partial charge in [-0.1, -0.05) is 11.6 Å². The summed E-state index contributed by atoms with van der Waals surface area (Å²) in [5.74, 6) is 1.43. The van der Waals surface area contributed by atoms with E-state index < -0.39 is 0 Å². The molecule has 1 aromatic carbocycles. The van der Waals surface area contributed by atoms with Crippen molar-refractivity contribution in [1.29, 1.82) is 0 Å². The lowest BCUT2D eigenvalue weighted by molar-refractivity contribution is 0.416. The number of fused-ring (bicyclic) bond motifs is 1. The Balaban J connectivity index is 0.00000133. The number of nitrogens with one attached hydrogen (secondary N) is 1. The second-order valence-corrected chi connectivity index (χ2v) is 4.26. The molecule has 3 rings (SSSR count). The molecule has 0 aliphatic carbocycles. The molecule has 0 spiro atoms. The van der Waals surface area contributed by atoms with E-state index in [0.29, 0.717) is 10.8 Å². The fourth-order valence-electron chi connectivity index (χ4n) is 1.85. The van der Waals surface area contributed by atoms with E-state index in [1.165, 1.54) is 0 Å². The van der Waals surface area contributed by atoms with E-state index in [-0.39, 0.29) is 12.4 Å². The zero-order chi connectivity index (χ0) is 12.5. The number of imidazole rings is 1. The zero-order valence-electron chi connectivity index (χ0n) is 10.1. The Bertz CT molecular complexity index is 679. The first-order valence-electron chi connectivity index (χ1n) is 5.41. The Morgan fingerprint density at radius 2 is 2.11 bits per heavy atom. The van der Waals surface area contributed by atoms with Crippen molar-refractivity contribution in [3.63, 3.8) is 0 Å². The minimum atomic E-state index is 0. The summed E-state index contributed by atoms with van der Waals surface area (Å²) < 4.78 is 5.32. The van der Waals surface area contributed by atoms with Gasteiger partial charge in [-0.05, 0) is 24.3 Å². The highest BCUT2D eigenvalue weighted by Crippen LogP contribution is 2.31. The van der Waals surface area contributed by atoms with E-state index in [4.69, 9.17) is 16.3 Å². The predicted octanol–water partition coefficient (Wildman–Crippen LogP) is 3.71. The summed E-state index contributed by atoms with van der Waals surface area (Å²) in [5, 5.41) is 0.633. The molecule has 0 aliphatic rings. The molecule has 0 aliphatic heterocycles. The molecule has 1 N–H and O–H groups in total. The summed E-state index contributed by atoms with van der Waals surface area (Å²) in [4.78, 5) is 11.8. The largest absolute Gasteiger partial charge is 0.496 e. The van der Waals surface area contributed by atoms with Gasteiger partial charge in [0.2, 0.25) is 0 Å². The highest BCUT2D eigenvalue weighted by Gasteiger charge is 2.10. The van der Waals surface area contributed by atoms with E-state index in [1.54, 1.807) is 25.6 Å². The van der Waals surface area contributed by atoms with Crippen LogP contribution in [0.5, 0.6) is 5.75 Å². The maximum Gasteiger partial charge on any atom is 0.142 e. The van der Waals surface area contributed by atoms with Crippen molar-refractivity contribution >= 4 is 35.0 Å². The fourth-order valence-corrected chi connectivity index (χ4v) is 2.01. The number of nitrogens with zero attached hydrogens (tertiary/aromatic N) is 2. The second kappa shape index (κ2) is 5.47. The Labute approximate surface area is 121 Å². The summed E-state index contributed by atoms with van der Waals surface area (Å²) in [6.07, 6.45) is 3.45. The van der Waals surface area contributed by atoms with Crippen molar-refractivity contribution in [1.82, 2.24) is 15.0 Å². The van der Waals surface area contributed by atoms with Gasteiger partial charge in [-0.2, -0.15) is 0 Å². The lowest BCUT2D eigenvalue weighted by atomic mass is 10.2. The van der Waals surface area contributed by atoms with Crippen molar-refractivity contribution in [2.45, 2.75) is 0 Å². The Hall–Kier alpha value is -1.78. The van der Waals surface area contributed by atoms with Gasteiger partial charge in [0, 0.05) is 11.2 Å². The van der Waals surface area contributed by atoms with Gasteiger partial charge in [0.15, 0.2) is 0 Å². The molecular formula is C13H11Cl2N3O. The molecule has 2 aromatic heterocycles. The minimum absolute atomic E-state index is 0. The molecule has 0 radical (unpaired) electrons. The molecule has 4 nitrogen and oxygen atoms in total. The summed E-state index contributed by atoms with van der Waals surface area (Å²) in [6, 6.07) is 7.34.